The Morgan fingerprint density at radius 3 is 2.54 bits per heavy atom. The Morgan fingerprint density at radius 1 is 1.62 bits per heavy atom. The number of alkyl carbamates (subject to hydrolysis) is 1. The van der Waals surface area contributed by atoms with Crippen LogP contribution in [0.15, 0.2) is 0 Å². The quantitative estimate of drug-likeness (QED) is 0.731. The summed E-state index contributed by atoms with van der Waals surface area (Å²) in [6.45, 7) is 0.370. The Bertz CT molecular complexity index is 204. The van der Waals surface area contributed by atoms with Crippen molar-refractivity contribution >= 4 is 6.09 Å². The molecule has 0 aromatic rings. The third kappa shape index (κ3) is 4.00. The summed E-state index contributed by atoms with van der Waals surface area (Å²) < 4.78 is 38.6. The lowest BCUT2D eigenvalue weighted by Gasteiger charge is -2.08. The van der Waals surface area contributed by atoms with Gasteiger partial charge in [0.1, 0.15) is 0 Å². The van der Waals surface area contributed by atoms with Crippen LogP contribution in [-0.4, -0.2) is 24.9 Å². The van der Waals surface area contributed by atoms with Gasteiger partial charge in [0, 0.05) is 6.04 Å². The zero-order chi connectivity index (χ0) is 10.1. The Kier molecular flexibility index (Phi) is 2.68. The molecule has 0 saturated heterocycles. The van der Waals surface area contributed by atoms with E-state index >= 15 is 0 Å². The largest absolute Gasteiger partial charge is 0.440 e. The molecule has 6 heteroatoms. The summed E-state index contributed by atoms with van der Waals surface area (Å²) >= 11 is 0. The van der Waals surface area contributed by atoms with Crippen LogP contribution in [0.5, 0.6) is 0 Å². The zero-order valence-corrected chi connectivity index (χ0v) is 7.02. The number of carbonyl (C=O) groups excluding carboxylic acids is 1. The first-order valence-corrected chi connectivity index (χ1v) is 3.88. The number of halogens is 3. The Hall–Kier alpha value is -0.940. The Balaban J connectivity index is 2.11. The molecule has 1 amide bonds. The van der Waals surface area contributed by atoms with Crippen LogP contribution in [0.3, 0.4) is 0 Å². The minimum absolute atomic E-state index is 0.0132. The second-order valence-electron chi connectivity index (χ2n) is 3.16. The minimum Gasteiger partial charge on any atom is -0.440 e. The maximum Gasteiger partial charge on any atom is 0.422 e. The van der Waals surface area contributed by atoms with E-state index in [-0.39, 0.29) is 6.04 Å². The molecular formula is C7H10F3NO2. The van der Waals surface area contributed by atoms with E-state index in [9.17, 15) is 18.0 Å². The SMILES string of the molecule is CC1CC1NC(=O)OCC(F)(F)F. The molecule has 0 heterocycles. The number of hydrogen-bond donors (Lipinski definition) is 1. The van der Waals surface area contributed by atoms with Crippen molar-refractivity contribution in [3.8, 4) is 0 Å². The maximum atomic E-state index is 11.5. The number of rotatable bonds is 2. The summed E-state index contributed by atoms with van der Waals surface area (Å²) in [4.78, 5) is 10.7. The molecule has 0 aromatic heterocycles. The molecule has 0 bridgehead atoms. The van der Waals surface area contributed by atoms with Gasteiger partial charge in [-0.2, -0.15) is 13.2 Å². The monoisotopic (exact) mass is 197 g/mol. The first-order valence-electron chi connectivity index (χ1n) is 3.88. The van der Waals surface area contributed by atoms with Gasteiger partial charge in [0.25, 0.3) is 0 Å². The highest BCUT2D eigenvalue weighted by atomic mass is 19.4. The molecule has 13 heavy (non-hydrogen) atoms. The lowest BCUT2D eigenvalue weighted by molar-refractivity contribution is -0.160. The second-order valence-corrected chi connectivity index (χ2v) is 3.16. The van der Waals surface area contributed by atoms with Gasteiger partial charge in [-0.1, -0.05) is 6.92 Å². The van der Waals surface area contributed by atoms with Crippen LogP contribution < -0.4 is 5.32 Å². The standard InChI is InChI=1S/C7H10F3NO2/c1-4-2-5(4)11-6(12)13-3-7(8,9)10/h4-5H,2-3H2,1H3,(H,11,12). The van der Waals surface area contributed by atoms with Crippen LogP contribution in [-0.2, 0) is 4.74 Å². The number of hydrogen-bond acceptors (Lipinski definition) is 2. The molecule has 1 aliphatic carbocycles. The van der Waals surface area contributed by atoms with Gasteiger partial charge in [-0.15, -0.1) is 0 Å². The smallest absolute Gasteiger partial charge is 0.422 e. The first kappa shape index (κ1) is 10.1. The van der Waals surface area contributed by atoms with E-state index < -0.39 is 18.9 Å². The van der Waals surface area contributed by atoms with E-state index in [0.717, 1.165) is 6.42 Å². The van der Waals surface area contributed by atoms with Crippen molar-refractivity contribution in [1.29, 1.82) is 0 Å². The van der Waals surface area contributed by atoms with Gasteiger partial charge in [0.15, 0.2) is 6.61 Å². The lowest BCUT2D eigenvalue weighted by atomic mass is 10.5. The molecule has 0 aliphatic heterocycles. The topological polar surface area (TPSA) is 38.3 Å². The second kappa shape index (κ2) is 3.43. The number of carbonyl (C=O) groups is 1. The molecule has 2 atom stereocenters. The molecule has 1 N–H and O–H groups in total. The van der Waals surface area contributed by atoms with Crippen molar-refractivity contribution in [2.45, 2.75) is 25.6 Å². The summed E-state index contributed by atoms with van der Waals surface area (Å²) in [7, 11) is 0. The molecule has 0 radical (unpaired) electrons. The van der Waals surface area contributed by atoms with Crippen LogP contribution in [0.1, 0.15) is 13.3 Å². The first-order chi connectivity index (χ1) is 5.88. The fraction of sp³-hybridized carbons (Fsp3) is 0.857. The van der Waals surface area contributed by atoms with Crippen molar-refractivity contribution in [3.05, 3.63) is 0 Å². The van der Waals surface area contributed by atoms with Crippen molar-refractivity contribution in [1.82, 2.24) is 5.32 Å². The third-order valence-corrected chi connectivity index (χ3v) is 1.78. The van der Waals surface area contributed by atoms with Crippen LogP contribution in [0.2, 0.25) is 0 Å². The number of alkyl halides is 3. The fourth-order valence-electron chi connectivity index (χ4n) is 0.864. The van der Waals surface area contributed by atoms with Gasteiger partial charge in [-0.05, 0) is 12.3 Å². The van der Waals surface area contributed by atoms with E-state index in [4.69, 9.17) is 0 Å². The van der Waals surface area contributed by atoms with Crippen LogP contribution in [0.4, 0.5) is 18.0 Å². The summed E-state index contributed by atoms with van der Waals surface area (Å²) in [6.07, 6.45) is -4.64. The van der Waals surface area contributed by atoms with Crippen LogP contribution >= 0.6 is 0 Å². The van der Waals surface area contributed by atoms with Gasteiger partial charge < -0.3 is 10.1 Å². The molecule has 76 valence electrons. The van der Waals surface area contributed by atoms with Crippen molar-refractivity contribution < 1.29 is 22.7 Å². The van der Waals surface area contributed by atoms with Gasteiger partial charge in [-0.25, -0.2) is 4.79 Å². The maximum absolute atomic E-state index is 11.5. The highest BCUT2D eigenvalue weighted by Crippen LogP contribution is 2.29. The van der Waals surface area contributed by atoms with E-state index in [2.05, 4.69) is 10.1 Å². The Morgan fingerprint density at radius 2 is 2.15 bits per heavy atom. The van der Waals surface area contributed by atoms with Crippen molar-refractivity contribution in [2.24, 2.45) is 5.92 Å². The predicted octanol–water partition coefficient (Wildman–Crippen LogP) is 1.68. The third-order valence-electron chi connectivity index (χ3n) is 1.78. The van der Waals surface area contributed by atoms with Gasteiger partial charge in [0.2, 0.25) is 0 Å². The molecular weight excluding hydrogens is 187 g/mol. The molecule has 1 saturated carbocycles. The van der Waals surface area contributed by atoms with Gasteiger partial charge >= 0.3 is 12.3 Å². The highest BCUT2D eigenvalue weighted by molar-refractivity contribution is 5.68. The normalized spacial score (nSPS) is 26.8. The molecule has 0 spiro atoms. The zero-order valence-electron chi connectivity index (χ0n) is 7.02. The molecule has 1 aliphatic rings. The highest BCUT2D eigenvalue weighted by Gasteiger charge is 2.35. The summed E-state index contributed by atoms with van der Waals surface area (Å²) in [6, 6.07) is -0.0132. The van der Waals surface area contributed by atoms with Crippen LogP contribution in [0, 0.1) is 5.92 Å². The van der Waals surface area contributed by atoms with Crippen molar-refractivity contribution in [2.75, 3.05) is 6.61 Å². The fourth-order valence-corrected chi connectivity index (χ4v) is 0.864. The number of ether oxygens (including phenoxy) is 1. The minimum atomic E-state index is -4.45. The molecule has 3 nitrogen and oxygen atoms in total. The van der Waals surface area contributed by atoms with E-state index in [0.29, 0.717) is 5.92 Å². The number of amides is 1. The van der Waals surface area contributed by atoms with Gasteiger partial charge in [-0.3, -0.25) is 0 Å². The average molecular weight is 197 g/mol. The Labute approximate surface area is 73.2 Å². The van der Waals surface area contributed by atoms with E-state index in [1.807, 2.05) is 6.92 Å². The van der Waals surface area contributed by atoms with E-state index in [1.165, 1.54) is 0 Å². The van der Waals surface area contributed by atoms with Crippen LogP contribution in [0.25, 0.3) is 0 Å². The van der Waals surface area contributed by atoms with Crippen molar-refractivity contribution in [3.63, 3.8) is 0 Å². The molecule has 1 rings (SSSR count). The predicted molar refractivity (Wildman–Crippen MR) is 38.1 cm³/mol. The molecule has 0 aromatic carbocycles. The number of nitrogens with one attached hydrogen (secondary N) is 1. The molecule has 2 unspecified atom stereocenters. The average Bonchev–Trinajstić information content (AvgIpc) is 2.61. The lowest BCUT2D eigenvalue weighted by Crippen LogP contribution is -2.31. The molecule has 1 fully saturated rings. The summed E-state index contributed by atoms with van der Waals surface area (Å²) in [5.74, 6) is 0.346. The van der Waals surface area contributed by atoms with E-state index in [1.54, 1.807) is 0 Å². The summed E-state index contributed by atoms with van der Waals surface area (Å²) in [5.41, 5.74) is 0. The summed E-state index contributed by atoms with van der Waals surface area (Å²) in [5, 5.41) is 2.32. The van der Waals surface area contributed by atoms with Gasteiger partial charge in [0.05, 0.1) is 0 Å².